The Morgan fingerprint density at radius 1 is 1.33 bits per heavy atom. The maximum atomic E-state index is 12.6. The van der Waals surface area contributed by atoms with Gasteiger partial charge in [0.05, 0.1) is 12.6 Å². The van der Waals surface area contributed by atoms with Crippen LogP contribution < -0.4 is 10.6 Å². The molecule has 0 radical (unpaired) electrons. The van der Waals surface area contributed by atoms with E-state index in [1.54, 1.807) is 11.8 Å². The molecular formula is C21H28N4O4S. The molecular weight excluding hydrogens is 404 g/mol. The third-order valence-corrected chi connectivity index (χ3v) is 5.95. The largest absolute Gasteiger partial charge is 0.394 e. The number of rotatable bonds is 11. The highest BCUT2D eigenvalue weighted by Crippen LogP contribution is 2.19. The van der Waals surface area contributed by atoms with Crippen LogP contribution in [0.5, 0.6) is 0 Å². The average Bonchev–Trinajstić information content (AvgIpc) is 3.28. The lowest BCUT2D eigenvalue weighted by Gasteiger charge is -2.16. The molecule has 9 heteroatoms. The number of para-hydroxylation sites is 1. The van der Waals surface area contributed by atoms with E-state index in [1.165, 1.54) is 4.90 Å². The summed E-state index contributed by atoms with van der Waals surface area (Å²) in [6.07, 6.45) is 5.46. The summed E-state index contributed by atoms with van der Waals surface area (Å²) in [6, 6.07) is 6.50. The number of amides is 4. The molecule has 0 bridgehead atoms. The number of hydrogen-bond acceptors (Lipinski definition) is 5. The number of carbonyl (C=O) groups excluding carboxylic acids is 3. The second-order valence-corrected chi connectivity index (χ2v) is 8.35. The quantitative estimate of drug-likeness (QED) is 0.403. The minimum atomic E-state index is -0.690. The number of aromatic amines is 1. The highest BCUT2D eigenvalue weighted by atomic mass is 32.2. The van der Waals surface area contributed by atoms with Crippen LogP contribution in [0, 0.1) is 0 Å². The number of H-pyrrole nitrogens is 1. The minimum absolute atomic E-state index is 0.114. The Morgan fingerprint density at radius 3 is 2.90 bits per heavy atom. The number of aliphatic hydroxyl groups excluding tert-OH is 1. The monoisotopic (exact) mass is 432 g/mol. The van der Waals surface area contributed by atoms with Crippen LogP contribution in [-0.4, -0.2) is 70.1 Å². The van der Waals surface area contributed by atoms with Gasteiger partial charge < -0.3 is 20.7 Å². The van der Waals surface area contributed by atoms with E-state index in [0.717, 1.165) is 22.2 Å². The molecule has 1 aliphatic rings. The topological polar surface area (TPSA) is 115 Å². The first-order valence-electron chi connectivity index (χ1n) is 10.1. The number of aliphatic hydroxyl groups is 1. The van der Waals surface area contributed by atoms with Crippen LogP contribution in [0.3, 0.4) is 0 Å². The zero-order chi connectivity index (χ0) is 21.5. The van der Waals surface area contributed by atoms with Crippen molar-refractivity contribution in [3.63, 3.8) is 0 Å². The maximum Gasteiger partial charge on any atom is 0.324 e. The van der Waals surface area contributed by atoms with E-state index in [-0.39, 0.29) is 43.8 Å². The summed E-state index contributed by atoms with van der Waals surface area (Å²) < 4.78 is 0. The van der Waals surface area contributed by atoms with E-state index in [4.69, 9.17) is 0 Å². The average molecular weight is 433 g/mol. The lowest BCUT2D eigenvalue weighted by Crippen LogP contribution is -2.39. The van der Waals surface area contributed by atoms with Gasteiger partial charge in [0.15, 0.2) is 0 Å². The lowest BCUT2D eigenvalue weighted by molar-refractivity contribution is -0.127. The summed E-state index contributed by atoms with van der Waals surface area (Å²) in [5.41, 5.74) is 2.07. The lowest BCUT2D eigenvalue weighted by atomic mass is 10.1. The van der Waals surface area contributed by atoms with E-state index in [0.29, 0.717) is 12.8 Å². The van der Waals surface area contributed by atoms with Crippen LogP contribution >= 0.6 is 11.8 Å². The summed E-state index contributed by atoms with van der Waals surface area (Å²) in [5.74, 6) is 0.316. The van der Waals surface area contributed by atoms with Gasteiger partial charge in [-0.05, 0) is 42.9 Å². The first-order chi connectivity index (χ1) is 14.5. The van der Waals surface area contributed by atoms with E-state index >= 15 is 0 Å². The molecule has 2 heterocycles. The van der Waals surface area contributed by atoms with Gasteiger partial charge in [-0.1, -0.05) is 18.2 Å². The van der Waals surface area contributed by atoms with Crippen molar-refractivity contribution in [1.29, 1.82) is 0 Å². The number of hydrogen-bond donors (Lipinski definition) is 4. The first kappa shape index (κ1) is 22.2. The Morgan fingerprint density at radius 2 is 2.13 bits per heavy atom. The minimum Gasteiger partial charge on any atom is -0.394 e. The number of nitrogens with one attached hydrogen (secondary N) is 3. The molecule has 1 aliphatic heterocycles. The normalized spacial score (nSPS) is 17.4. The van der Waals surface area contributed by atoms with Crippen LogP contribution in [0.4, 0.5) is 4.79 Å². The Labute approximate surface area is 179 Å². The Bertz CT molecular complexity index is 900. The van der Waals surface area contributed by atoms with Gasteiger partial charge in [-0.25, -0.2) is 4.79 Å². The molecule has 3 rings (SSSR count). The van der Waals surface area contributed by atoms with Crippen LogP contribution in [0.25, 0.3) is 10.9 Å². The predicted octanol–water partition coefficient (Wildman–Crippen LogP) is 1.64. The number of urea groups is 1. The number of thioether (sulfide) groups is 1. The second-order valence-electron chi connectivity index (χ2n) is 7.37. The molecule has 0 saturated carbocycles. The summed E-state index contributed by atoms with van der Waals surface area (Å²) >= 11 is 1.65. The van der Waals surface area contributed by atoms with Gasteiger partial charge in [0, 0.05) is 30.1 Å². The van der Waals surface area contributed by atoms with Gasteiger partial charge in [0.2, 0.25) is 5.91 Å². The fourth-order valence-corrected chi connectivity index (χ4v) is 4.12. The number of nitrogens with zero attached hydrogens (tertiary/aromatic N) is 1. The third kappa shape index (κ3) is 5.34. The number of benzene rings is 1. The number of imide groups is 1. The van der Waals surface area contributed by atoms with Gasteiger partial charge in [-0.15, -0.1) is 0 Å². The Hall–Kier alpha value is -2.52. The molecule has 0 unspecified atom stereocenters. The summed E-state index contributed by atoms with van der Waals surface area (Å²) in [4.78, 5) is 41.4. The van der Waals surface area contributed by atoms with Crippen molar-refractivity contribution in [2.45, 2.75) is 37.8 Å². The third-order valence-electron chi connectivity index (χ3n) is 5.30. The van der Waals surface area contributed by atoms with Gasteiger partial charge >= 0.3 is 6.03 Å². The van der Waals surface area contributed by atoms with Gasteiger partial charge in [0.1, 0.15) is 6.04 Å². The van der Waals surface area contributed by atoms with Crippen molar-refractivity contribution in [3.05, 3.63) is 36.0 Å². The second kappa shape index (κ2) is 10.5. The molecule has 30 heavy (non-hydrogen) atoms. The Kier molecular flexibility index (Phi) is 7.75. The highest BCUT2D eigenvalue weighted by molar-refractivity contribution is 7.98. The molecule has 1 aromatic carbocycles. The number of carbonyl (C=O) groups is 3. The molecule has 2 atom stereocenters. The first-order valence-corrected chi connectivity index (χ1v) is 11.5. The summed E-state index contributed by atoms with van der Waals surface area (Å²) in [6.45, 7) is 0.170. The zero-order valence-corrected chi connectivity index (χ0v) is 17.8. The maximum absolute atomic E-state index is 12.6. The van der Waals surface area contributed by atoms with Crippen molar-refractivity contribution < 1.29 is 19.5 Å². The molecule has 1 aromatic heterocycles. The molecule has 8 nitrogen and oxygen atoms in total. The Balaban J connectivity index is 1.49. The smallest absolute Gasteiger partial charge is 0.324 e. The van der Waals surface area contributed by atoms with Crippen molar-refractivity contribution in [2.75, 3.05) is 25.2 Å². The molecule has 0 spiro atoms. The van der Waals surface area contributed by atoms with E-state index in [1.807, 2.05) is 36.7 Å². The van der Waals surface area contributed by atoms with Crippen LogP contribution in [0.1, 0.15) is 24.8 Å². The molecule has 4 N–H and O–H groups in total. The van der Waals surface area contributed by atoms with Crippen molar-refractivity contribution in [3.8, 4) is 0 Å². The fraction of sp³-hybridized carbons (Fsp3) is 0.476. The van der Waals surface area contributed by atoms with Gasteiger partial charge in [0.25, 0.3) is 5.91 Å². The van der Waals surface area contributed by atoms with E-state index < -0.39 is 12.1 Å². The van der Waals surface area contributed by atoms with Crippen molar-refractivity contribution in [2.24, 2.45) is 0 Å². The standard InChI is InChI=1S/C21H28N4O4S/c1-30-11-9-15(13-26)23-19(27)7-6-18-20(28)25(21(29)24-18)10-8-14-12-22-17-5-3-2-4-16(14)17/h2-5,12,15,18,22,26H,6-11,13H2,1H3,(H,23,27)(H,24,29)/t15-,18+/m0/s1. The number of fused-ring (bicyclic) bond motifs is 1. The van der Waals surface area contributed by atoms with Crippen LogP contribution in [0.15, 0.2) is 30.5 Å². The van der Waals surface area contributed by atoms with Crippen LogP contribution in [-0.2, 0) is 16.0 Å². The van der Waals surface area contributed by atoms with Crippen molar-refractivity contribution >= 4 is 40.5 Å². The fourth-order valence-electron chi connectivity index (χ4n) is 3.60. The molecule has 1 fully saturated rings. The summed E-state index contributed by atoms with van der Waals surface area (Å²) in [7, 11) is 0. The van der Waals surface area contributed by atoms with Crippen LogP contribution in [0.2, 0.25) is 0 Å². The predicted molar refractivity (Wildman–Crippen MR) is 117 cm³/mol. The van der Waals surface area contributed by atoms with E-state index in [2.05, 4.69) is 15.6 Å². The van der Waals surface area contributed by atoms with Crippen molar-refractivity contribution in [1.82, 2.24) is 20.5 Å². The molecule has 162 valence electrons. The molecule has 2 aromatic rings. The van der Waals surface area contributed by atoms with E-state index in [9.17, 15) is 19.5 Å². The molecule has 4 amide bonds. The molecule has 0 aliphatic carbocycles. The number of aromatic nitrogens is 1. The summed E-state index contributed by atoms with van der Waals surface area (Å²) in [5, 5.41) is 15.9. The SMILES string of the molecule is CSCC[C@@H](CO)NC(=O)CC[C@H]1NC(=O)N(CCc2c[nH]c3ccccc23)C1=O. The van der Waals surface area contributed by atoms with Gasteiger partial charge in [-0.3, -0.25) is 14.5 Å². The van der Waals surface area contributed by atoms with Gasteiger partial charge in [-0.2, -0.15) is 11.8 Å². The molecule has 1 saturated heterocycles. The highest BCUT2D eigenvalue weighted by Gasteiger charge is 2.37. The zero-order valence-electron chi connectivity index (χ0n) is 17.0.